The highest BCUT2D eigenvalue weighted by Crippen LogP contribution is 2.24. The number of hydrogen-bond donors (Lipinski definition) is 1. The molecule has 0 bridgehead atoms. The van der Waals surface area contributed by atoms with Crippen LogP contribution in [0.3, 0.4) is 0 Å². The van der Waals surface area contributed by atoms with Gasteiger partial charge in [-0.1, -0.05) is 97.1 Å². The molecule has 1 aromatic heterocycles. The van der Waals surface area contributed by atoms with Gasteiger partial charge in [0.1, 0.15) is 0 Å². The molecule has 0 aliphatic carbocycles. The number of ether oxygens (including phenoxy) is 1. The van der Waals surface area contributed by atoms with Gasteiger partial charge in [0.2, 0.25) is 0 Å². The number of aryl methyl sites for hydroxylation is 1. The lowest BCUT2D eigenvalue weighted by Gasteiger charge is -2.18. The summed E-state index contributed by atoms with van der Waals surface area (Å²) in [5.74, 6) is 0.689. The molecule has 0 amide bonds. The number of benzene rings is 1. The number of hydrogen-bond acceptors (Lipinski definition) is 4. The second-order valence-corrected chi connectivity index (χ2v) is 11.3. The van der Waals surface area contributed by atoms with E-state index in [0.29, 0.717) is 19.4 Å². The largest absolute Gasteiger partial charge is 0.466 e. The van der Waals surface area contributed by atoms with Gasteiger partial charge in [-0.3, -0.25) is 9.59 Å². The molecule has 0 fully saturated rings. The number of carbonyl (C=O) groups excluding carboxylic acids is 2. The maximum atomic E-state index is 13.6. The molecule has 1 N–H and O–H groups in total. The minimum Gasteiger partial charge on any atom is -0.466 e. The molecule has 5 nitrogen and oxygen atoms in total. The average molecular weight is 553 g/mol. The maximum Gasteiger partial charge on any atom is 0.305 e. The molecule has 0 atom stereocenters. The fraction of sp³-hybridized carbons (Fsp3) is 0.657. The molecule has 2 aromatic rings. The Morgan fingerprint density at radius 3 is 2.20 bits per heavy atom. The van der Waals surface area contributed by atoms with Gasteiger partial charge in [0, 0.05) is 48.2 Å². The summed E-state index contributed by atoms with van der Waals surface area (Å²) in [7, 11) is 2.02. The van der Waals surface area contributed by atoms with Crippen molar-refractivity contribution >= 4 is 17.4 Å². The van der Waals surface area contributed by atoms with Gasteiger partial charge in [0.05, 0.1) is 6.61 Å². The fourth-order valence-electron chi connectivity index (χ4n) is 5.71. The quantitative estimate of drug-likeness (QED) is 0.0899. The van der Waals surface area contributed by atoms with Crippen LogP contribution in [-0.4, -0.2) is 29.5 Å². The number of anilines is 1. The van der Waals surface area contributed by atoms with Crippen LogP contribution in [0.2, 0.25) is 0 Å². The minimum absolute atomic E-state index is 0.0671. The first kappa shape index (κ1) is 33.6. The van der Waals surface area contributed by atoms with Crippen LogP contribution in [0.1, 0.15) is 138 Å². The summed E-state index contributed by atoms with van der Waals surface area (Å²) in [6, 6.07) is 10.0. The number of rotatable bonds is 22. The summed E-state index contributed by atoms with van der Waals surface area (Å²) in [5, 5.41) is 3.62. The van der Waals surface area contributed by atoms with Crippen molar-refractivity contribution in [3.8, 4) is 0 Å². The van der Waals surface area contributed by atoms with Crippen molar-refractivity contribution < 1.29 is 14.3 Å². The highest BCUT2D eigenvalue weighted by atomic mass is 16.5. The van der Waals surface area contributed by atoms with Crippen LogP contribution in [0, 0.1) is 5.92 Å². The first-order valence-corrected chi connectivity index (χ1v) is 16.2. The number of ketones is 1. The summed E-state index contributed by atoms with van der Waals surface area (Å²) < 4.78 is 7.18. The second-order valence-electron chi connectivity index (χ2n) is 11.3. The van der Waals surface area contributed by atoms with Crippen molar-refractivity contribution in [2.75, 3.05) is 18.5 Å². The van der Waals surface area contributed by atoms with Gasteiger partial charge in [-0.15, -0.1) is 0 Å². The number of aromatic nitrogens is 1. The van der Waals surface area contributed by atoms with Gasteiger partial charge in [0.25, 0.3) is 0 Å². The lowest BCUT2D eigenvalue weighted by molar-refractivity contribution is -0.143. The molecule has 1 heterocycles. The Kier molecular flexibility index (Phi) is 16.4. The van der Waals surface area contributed by atoms with Gasteiger partial charge in [-0.2, -0.15) is 0 Å². The number of nitrogens with zero attached hydrogens (tertiary/aromatic N) is 1. The first-order chi connectivity index (χ1) is 19.4. The number of nitrogens with one attached hydrogen (secondary N) is 1. The van der Waals surface area contributed by atoms with Crippen LogP contribution in [-0.2, 0) is 29.4 Å². The maximum absolute atomic E-state index is 13.6. The van der Waals surface area contributed by atoms with Crippen LogP contribution in [0.4, 0.5) is 5.69 Å². The second kappa shape index (κ2) is 19.5. The number of carbonyl (C=O) groups is 2. The minimum atomic E-state index is -0.160. The summed E-state index contributed by atoms with van der Waals surface area (Å²) >= 11 is 0. The SMILES string of the molecule is CCCCCCC(CCCCCC)CCNc1cccc(C(=O)c2cc(CCCC(=O)OCC)n(C)c2CC)c1. The first-order valence-electron chi connectivity index (χ1n) is 16.2. The molecule has 224 valence electrons. The van der Waals surface area contributed by atoms with E-state index < -0.39 is 0 Å². The molecular formula is C35H56N2O3. The molecule has 2 rings (SSSR count). The van der Waals surface area contributed by atoms with Crippen LogP contribution in [0.5, 0.6) is 0 Å². The number of unbranched alkanes of at least 4 members (excludes halogenated alkanes) is 6. The predicted octanol–water partition coefficient (Wildman–Crippen LogP) is 9.06. The van der Waals surface area contributed by atoms with E-state index in [1.54, 1.807) is 0 Å². The van der Waals surface area contributed by atoms with Gasteiger partial charge in [-0.05, 0) is 56.7 Å². The zero-order valence-corrected chi connectivity index (χ0v) is 26.2. The predicted molar refractivity (Wildman–Crippen MR) is 168 cm³/mol. The van der Waals surface area contributed by atoms with Gasteiger partial charge in [0.15, 0.2) is 5.78 Å². The monoisotopic (exact) mass is 552 g/mol. The Morgan fingerprint density at radius 2 is 1.57 bits per heavy atom. The molecule has 0 radical (unpaired) electrons. The average Bonchev–Trinajstić information content (AvgIpc) is 3.27. The third kappa shape index (κ3) is 11.5. The van der Waals surface area contributed by atoms with Gasteiger partial charge < -0.3 is 14.6 Å². The van der Waals surface area contributed by atoms with Crippen LogP contribution >= 0.6 is 0 Å². The highest BCUT2D eigenvalue weighted by molar-refractivity contribution is 6.10. The van der Waals surface area contributed by atoms with E-state index in [1.165, 1.54) is 70.6 Å². The van der Waals surface area contributed by atoms with Crippen molar-refractivity contribution in [3.63, 3.8) is 0 Å². The van der Waals surface area contributed by atoms with Gasteiger partial charge >= 0.3 is 5.97 Å². The Morgan fingerprint density at radius 1 is 0.875 bits per heavy atom. The normalized spacial score (nSPS) is 11.2. The topological polar surface area (TPSA) is 60.3 Å². The molecule has 40 heavy (non-hydrogen) atoms. The van der Waals surface area contributed by atoms with Crippen molar-refractivity contribution in [1.82, 2.24) is 4.57 Å². The van der Waals surface area contributed by atoms with E-state index in [2.05, 4.69) is 36.7 Å². The third-order valence-corrected chi connectivity index (χ3v) is 8.09. The molecular weight excluding hydrogens is 496 g/mol. The molecule has 1 aromatic carbocycles. The van der Waals surface area contributed by atoms with E-state index >= 15 is 0 Å². The van der Waals surface area contributed by atoms with Crippen LogP contribution in [0.15, 0.2) is 30.3 Å². The Hall–Kier alpha value is -2.56. The molecule has 0 spiro atoms. The van der Waals surface area contributed by atoms with Crippen molar-refractivity contribution in [3.05, 3.63) is 52.8 Å². The lowest BCUT2D eigenvalue weighted by Crippen LogP contribution is -2.11. The lowest BCUT2D eigenvalue weighted by atomic mass is 9.91. The summed E-state index contributed by atoms with van der Waals surface area (Å²) in [6.45, 7) is 9.83. The molecule has 0 aliphatic heterocycles. The van der Waals surface area contributed by atoms with Crippen LogP contribution < -0.4 is 5.32 Å². The summed E-state index contributed by atoms with van der Waals surface area (Å²) in [5.41, 5.74) is 4.64. The van der Waals surface area contributed by atoms with Crippen LogP contribution in [0.25, 0.3) is 0 Å². The Balaban J connectivity index is 2.00. The van der Waals surface area contributed by atoms with E-state index in [1.807, 2.05) is 38.2 Å². The van der Waals surface area contributed by atoms with E-state index in [4.69, 9.17) is 4.74 Å². The van der Waals surface area contributed by atoms with E-state index in [9.17, 15) is 9.59 Å². The Labute approximate surface area is 244 Å². The number of esters is 1. The molecule has 0 unspecified atom stereocenters. The highest BCUT2D eigenvalue weighted by Gasteiger charge is 2.19. The fourth-order valence-corrected chi connectivity index (χ4v) is 5.71. The molecule has 5 heteroatoms. The van der Waals surface area contributed by atoms with E-state index in [-0.39, 0.29) is 11.8 Å². The zero-order valence-electron chi connectivity index (χ0n) is 26.2. The van der Waals surface area contributed by atoms with Crippen molar-refractivity contribution in [1.29, 1.82) is 0 Å². The molecule has 0 saturated heterocycles. The van der Waals surface area contributed by atoms with Crippen molar-refractivity contribution in [2.24, 2.45) is 13.0 Å². The third-order valence-electron chi connectivity index (χ3n) is 8.09. The van der Waals surface area contributed by atoms with E-state index in [0.717, 1.165) is 53.5 Å². The summed E-state index contributed by atoms with van der Waals surface area (Å²) in [6.07, 6.45) is 17.2. The molecule has 0 saturated carbocycles. The standard InChI is InChI=1S/C35H56N2O3/c1-6-10-12-14-18-28(19-15-13-11-7-2)24-25-36-30-21-16-20-29(26-30)35(39)32-27-31(37(5)33(32)8-3)22-17-23-34(38)40-9-4/h16,20-21,26-28,36H,6-15,17-19,22-25H2,1-5H3. The van der Waals surface area contributed by atoms with Crippen molar-refractivity contribution in [2.45, 2.75) is 124 Å². The zero-order chi connectivity index (χ0) is 29.2. The molecule has 0 aliphatic rings. The van der Waals surface area contributed by atoms with Gasteiger partial charge in [-0.25, -0.2) is 0 Å². The summed E-state index contributed by atoms with van der Waals surface area (Å²) in [4.78, 5) is 25.4. The Bertz CT molecular complexity index is 998. The smallest absolute Gasteiger partial charge is 0.305 e.